The van der Waals surface area contributed by atoms with Gasteiger partial charge in [0.15, 0.2) is 5.82 Å². The van der Waals surface area contributed by atoms with Gasteiger partial charge in [0.1, 0.15) is 5.82 Å². The lowest BCUT2D eigenvalue weighted by Gasteiger charge is -2.32. The summed E-state index contributed by atoms with van der Waals surface area (Å²) in [5, 5.41) is 9.26. The van der Waals surface area contributed by atoms with Gasteiger partial charge in [0.25, 0.3) is 0 Å². The average Bonchev–Trinajstić information content (AvgIpc) is 2.94. The van der Waals surface area contributed by atoms with Crippen LogP contribution in [0.5, 0.6) is 0 Å². The number of carbonyl (C=O) groups is 1. The van der Waals surface area contributed by atoms with Gasteiger partial charge in [-0.3, -0.25) is 0 Å². The van der Waals surface area contributed by atoms with Crippen LogP contribution in [0.1, 0.15) is 11.4 Å². The lowest BCUT2D eigenvalue weighted by Crippen LogP contribution is -2.45. The highest BCUT2D eigenvalue weighted by molar-refractivity contribution is 6.30. The standard InChI is InChI=1S/C29H28ClFN8O/c1-38-15-17-39(18-16-38)28-36-26(14-7-20-5-8-21(30)9-6-20)35-27(37-28)32-23-10-12-24(13-11-23)33-29(40)34-25-4-2-3-22(31)19-25/h2-14,19H,15-18H2,1H3,(H2,33,34,40)(H,32,35,36,37). The van der Waals surface area contributed by atoms with Gasteiger partial charge < -0.3 is 25.8 Å². The Labute approximate surface area is 236 Å². The molecule has 1 saturated heterocycles. The smallest absolute Gasteiger partial charge is 0.323 e. The third kappa shape index (κ3) is 7.52. The molecule has 2 heterocycles. The van der Waals surface area contributed by atoms with Crippen LogP contribution in [-0.2, 0) is 0 Å². The number of amides is 2. The van der Waals surface area contributed by atoms with E-state index in [2.05, 4.69) is 42.8 Å². The van der Waals surface area contributed by atoms with Crippen molar-refractivity contribution in [3.63, 3.8) is 0 Å². The number of nitrogens with zero attached hydrogens (tertiary/aromatic N) is 5. The number of rotatable bonds is 7. The largest absolute Gasteiger partial charge is 0.338 e. The van der Waals surface area contributed by atoms with Crippen molar-refractivity contribution in [1.29, 1.82) is 0 Å². The Kier molecular flexibility index (Phi) is 8.48. The highest BCUT2D eigenvalue weighted by Gasteiger charge is 2.18. The molecule has 3 aromatic carbocycles. The van der Waals surface area contributed by atoms with E-state index in [0.717, 1.165) is 37.4 Å². The Morgan fingerprint density at radius 2 is 1.55 bits per heavy atom. The Hall–Kier alpha value is -4.54. The van der Waals surface area contributed by atoms with E-state index in [4.69, 9.17) is 16.6 Å². The third-order valence-corrected chi connectivity index (χ3v) is 6.46. The van der Waals surface area contributed by atoms with Crippen LogP contribution in [0.25, 0.3) is 12.2 Å². The molecule has 4 aromatic rings. The van der Waals surface area contributed by atoms with Crippen LogP contribution in [0.2, 0.25) is 5.02 Å². The number of halogens is 2. The number of benzene rings is 3. The minimum atomic E-state index is -0.474. The van der Waals surface area contributed by atoms with E-state index in [1.54, 1.807) is 30.3 Å². The Balaban J connectivity index is 1.30. The zero-order valence-corrected chi connectivity index (χ0v) is 22.6. The molecule has 1 aliphatic heterocycles. The molecule has 204 valence electrons. The van der Waals surface area contributed by atoms with Gasteiger partial charge in [0.2, 0.25) is 11.9 Å². The molecular formula is C29H28ClFN8O. The zero-order valence-electron chi connectivity index (χ0n) is 21.8. The first-order valence-electron chi connectivity index (χ1n) is 12.7. The van der Waals surface area contributed by atoms with Crippen LogP contribution < -0.4 is 20.9 Å². The van der Waals surface area contributed by atoms with Crippen molar-refractivity contribution < 1.29 is 9.18 Å². The molecule has 0 spiro atoms. The maximum atomic E-state index is 13.4. The zero-order chi connectivity index (χ0) is 27.9. The Bertz CT molecular complexity index is 1490. The maximum absolute atomic E-state index is 13.4. The molecule has 0 aliphatic carbocycles. The number of hydrogen-bond donors (Lipinski definition) is 3. The highest BCUT2D eigenvalue weighted by atomic mass is 35.5. The predicted molar refractivity (Wildman–Crippen MR) is 159 cm³/mol. The molecule has 0 bridgehead atoms. The van der Waals surface area contributed by atoms with Crippen LogP contribution in [0, 0.1) is 5.82 Å². The minimum absolute atomic E-state index is 0.364. The average molecular weight is 559 g/mol. The summed E-state index contributed by atoms with van der Waals surface area (Å²) in [5.41, 5.74) is 2.65. The maximum Gasteiger partial charge on any atom is 0.323 e. The van der Waals surface area contributed by atoms with Crippen LogP contribution >= 0.6 is 11.6 Å². The van der Waals surface area contributed by atoms with E-state index in [9.17, 15) is 9.18 Å². The quantitative estimate of drug-likeness (QED) is 0.257. The van der Waals surface area contributed by atoms with E-state index >= 15 is 0 Å². The van der Waals surface area contributed by atoms with Gasteiger partial charge in [-0.05, 0) is 73.3 Å². The van der Waals surface area contributed by atoms with Crippen molar-refractivity contribution in [3.8, 4) is 0 Å². The number of hydrogen-bond acceptors (Lipinski definition) is 7. The van der Waals surface area contributed by atoms with Gasteiger partial charge in [0, 0.05) is 48.3 Å². The number of piperazine rings is 1. The molecular weight excluding hydrogens is 531 g/mol. The molecule has 1 fully saturated rings. The fourth-order valence-corrected chi connectivity index (χ4v) is 4.16. The van der Waals surface area contributed by atoms with Crippen molar-refractivity contribution in [2.45, 2.75) is 0 Å². The van der Waals surface area contributed by atoms with Gasteiger partial charge >= 0.3 is 6.03 Å². The van der Waals surface area contributed by atoms with Crippen LogP contribution in [-0.4, -0.2) is 59.1 Å². The molecule has 0 atom stereocenters. The lowest BCUT2D eigenvalue weighted by atomic mass is 10.2. The number of anilines is 5. The summed E-state index contributed by atoms with van der Waals surface area (Å²) >= 11 is 6.01. The van der Waals surface area contributed by atoms with E-state index in [-0.39, 0.29) is 0 Å². The van der Waals surface area contributed by atoms with E-state index in [0.29, 0.717) is 34.1 Å². The minimum Gasteiger partial charge on any atom is -0.338 e. The molecule has 2 amide bonds. The van der Waals surface area contributed by atoms with Crippen molar-refractivity contribution in [2.24, 2.45) is 0 Å². The summed E-state index contributed by atoms with van der Waals surface area (Å²) in [6, 6.07) is 19.9. The highest BCUT2D eigenvalue weighted by Crippen LogP contribution is 2.21. The van der Waals surface area contributed by atoms with Gasteiger partial charge in [-0.25, -0.2) is 9.18 Å². The summed E-state index contributed by atoms with van der Waals surface area (Å²) in [6.07, 6.45) is 3.78. The Morgan fingerprint density at radius 1 is 0.850 bits per heavy atom. The molecule has 0 unspecified atom stereocenters. The van der Waals surface area contributed by atoms with Crippen molar-refractivity contribution in [1.82, 2.24) is 19.9 Å². The summed E-state index contributed by atoms with van der Waals surface area (Å²) < 4.78 is 13.4. The fraction of sp³-hybridized carbons (Fsp3) is 0.172. The lowest BCUT2D eigenvalue weighted by molar-refractivity contribution is 0.262. The van der Waals surface area contributed by atoms with Crippen molar-refractivity contribution >= 4 is 58.7 Å². The summed E-state index contributed by atoms with van der Waals surface area (Å²) in [4.78, 5) is 30.7. The normalized spacial score (nSPS) is 13.8. The number of likely N-dealkylation sites (N-methyl/N-ethyl adjacent to an activating group) is 1. The second-order valence-corrected chi connectivity index (χ2v) is 9.72. The number of aromatic nitrogens is 3. The second kappa shape index (κ2) is 12.5. The molecule has 3 N–H and O–H groups in total. The summed E-state index contributed by atoms with van der Waals surface area (Å²) in [6.45, 7) is 3.48. The van der Waals surface area contributed by atoms with E-state index in [1.807, 2.05) is 36.4 Å². The van der Waals surface area contributed by atoms with Crippen LogP contribution in [0.4, 0.5) is 38.1 Å². The van der Waals surface area contributed by atoms with Crippen LogP contribution in [0.3, 0.4) is 0 Å². The molecule has 1 aliphatic rings. The van der Waals surface area contributed by atoms with Crippen molar-refractivity contribution in [3.05, 3.63) is 95.0 Å². The molecule has 5 rings (SSSR count). The first-order valence-corrected chi connectivity index (χ1v) is 13.1. The summed E-state index contributed by atoms with van der Waals surface area (Å²) in [7, 11) is 2.10. The third-order valence-electron chi connectivity index (χ3n) is 6.20. The van der Waals surface area contributed by atoms with Gasteiger partial charge in [0.05, 0.1) is 0 Å². The van der Waals surface area contributed by atoms with Gasteiger partial charge in [-0.1, -0.05) is 35.9 Å². The topological polar surface area (TPSA) is 98.3 Å². The van der Waals surface area contributed by atoms with Gasteiger partial charge in [-0.15, -0.1) is 0 Å². The molecule has 1 aromatic heterocycles. The molecule has 40 heavy (non-hydrogen) atoms. The summed E-state index contributed by atoms with van der Waals surface area (Å²) in [5.74, 6) is 1.11. The van der Waals surface area contributed by atoms with Crippen molar-refractivity contribution in [2.75, 3.05) is 54.1 Å². The molecule has 11 heteroatoms. The molecule has 9 nitrogen and oxygen atoms in total. The van der Waals surface area contributed by atoms with Crippen LogP contribution in [0.15, 0.2) is 72.8 Å². The molecule has 0 saturated carbocycles. The monoisotopic (exact) mass is 558 g/mol. The predicted octanol–water partition coefficient (Wildman–Crippen LogP) is 5.97. The number of carbonyl (C=O) groups excluding carboxylic acids is 1. The fourth-order valence-electron chi connectivity index (χ4n) is 4.03. The van der Waals surface area contributed by atoms with E-state index in [1.165, 1.54) is 18.2 Å². The SMILES string of the molecule is CN1CCN(c2nc(C=Cc3ccc(Cl)cc3)nc(Nc3ccc(NC(=O)Nc4cccc(F)c4)cc3)n2)CC1. The first kappa shape index (κ1) is 27.0. The number of urea groups is 1. The number of nitrogens with one attached hydrogen (secondary N) is 3. The Morgan fingerprint density at radius 3 is 2.27 bits per heavy atom. The first-order chi connectivity index (χ1) is 19.4. The van der Waals surface area contributed by atoms with Gasteiger partial charge in [-0.2, -0.15) is 15.0 Å². The molecule has 0 radical (unpaired) electrons. The van der Waals surface area contributed by atoms with E-state index < -0.39 is 11.8 Å². The second-order valence-electron chi connectivity index (χ2n) is 9.28.